The number of carboxylic acid groups (broad SMARTS) is 1. The normalized spacial score (nSPS) is 16.3. The Balaban J connectivity index is 2.41. The van der Waals surface area contributed by atoms with Crippen molar-refractivity contribution in [3.05, 3.63) is 29.0 Å². The van der Waals surface area contributed by atoms with Gasteiger partial charge in [0.15, 0.2) is 0 Å². The fourth-order valence-corrected chi connectivity index (χ4v) is 2.48. The number of pyridine rings is 1. The van der Waals surface area contributed by atoms with Gasteiger partial charge in [-0.2, -0.15) is 0 Å². The molecule has 0 spiro atoms. The van der Waals surface area contributed by atoms with Crippen molar-refractivity contribution < 1.29 is 14.7 Å². The molecule has 1 aliphatic rings. The number of rotatable bonds is 2. The Morgan fingerprint density at radius 3 is 2.74 bits per heavy atom. The lowest BCUT2D eigenvalue weighted by Crippen LogP contribution is -2.30. The lowest BCUT2D eigenvalue weighted by Gasteiger charge is -2.23. The van der Waals surface area contributed by atoms with E-state index in [1.165, 1.54) is 0 Å². The van der Waals surface area contributed by atoms with Crippen LogP contribution in [0.3, 0.4) is 0 Å². The van der Waals surface area contributed by atoms with Crippen LogP contribution >= 0.6 is 0 Å². The maximum Gasteiger partial charge on any atom is 0.332 e. The minimum atomic E-state index is -0.935. The van der Waals surface area contributed by atoms with Gasteiger partial charge in [0, 0.05) is 43.9 Å². The van der Waals surface area contributed by atoms with E-state index in [-0.39, 0.29) is 5.91 Å². The number of fused-ring (bicyclic) bond motifs is 1. The van der Waals surface area contributed by atoms with Crippen molar-refractivity contribution in [1.29, 1.82) is 0 Å². The molecule has 0 bridgehead atoms. The van der Waals surface area contributed by atoms with Crippen LogP contribution in [0.15, 0.2) is 17.8 Å². The van der Waals surface area contributed by atoms with Gasteiger partial charge in [-0.1, -0.05) is 20.8 Å². The zero-order valence-electron chi connectivity index (χ0n) is 14.0. The van der Waals surface area contributed by atoms with Crippen LogP contribution in [0, 0.1) is 5.41 Å². The van der Waals surface area contributed by atoms with Gasteiger partial charge in [-0.3, -0.25) is 4.79 Å². The van der Waals surface area contributed by atoms with Crippen LogP contribution in [-0.4, -0.2) is 40.5 Å². The van der Waals surface area contributed by atoms with Gasteiger partial charge in [-0.15, -0.1) is 0 Å². The molecule has 0 aromatic carbocycles. The summed E-state index contributed by atoms with van der Waals surface area (Å²) in [6.07, 6.45) is 3.74. The number of nitrogens with one attached hydrogen (secondary N) is 1. The minimum absolute atomic E-state index is 0.0741. The van der Waals surface area contributed by atoms with Gasteiger partial charge < -0.3 is 15.3 Å². The Morgan fingerprint density at radius 1 is 1.43 bits per heavy atom. The van der Waals surface area contributed by atoms with E-state index in [0.29, 0.717) is 25.1 Å². The largest absolute Gasteiger partial charge is 0.478 e. The molecular weight excluding hydrogens is 294 g/mol. The summed E-state index contributed by atoms with van der Waals surface area (Å²) >= 11 is 0. The molecule has 0 fully saturated rings. The van der Waals surface area contributed by atoms with E-state index in [1.807, 2.05) is 26.8 Å². The average molecular weight is 317 g/mol. The number of carbonyl (C=O) groups is 2. The smallest absolute Gasteiger partial charge is 0.332 e. The van der Waals surface area contributed by atoms with Gasteiger partial charge in [0.25, 0.3) is 0 Å². The van der Waals surface area contributed by atoms with E-state index in [2.05, 4.69) is 10.3 Å². The maximum absolute atomic E-state index is 11.8. The summed E-state index contributed by atoms with van der Waals surface area (Å²) in [6, 6.07) is 1.89. The number of anilines is 1. The van der Waals surface area contributed by atoms with E-state index in [1.54, 1.807) is 24.2 Å². The van der Waals surface area contributed by atoms with Crippen molar-refractivity contribution in [2.45, 2.75) is 33.7 Å². The van der Waals surface area contributed by atoms with E-state index in [0.717, 1.165) is 16.9 Å². The molecule has 124 valence electrons. The van der Waals surface area contributed by atoms with Crippen LogP contribution in [0.2, 0.25) is 0 Å². The molecule has 2 rings (SSSR count). The third-order valence-electron chi connectivity index (χ3n) is 3.80. The highest BCUT2D eigenvalue weighted by atomic mass is 16.4. The standard InChI is InChI=1S/C17H23N3O3/c1-17(2,3)13(16(22)23)8-11-7-12-10-20(4)14(21)5-6-18-15(12)19-9-11/h7-9H,5-6,10H2,1-4H3,(H,18,19)(H,22,23)/b13-8-. The molecule has 0 saturated carbocycles. The number of nitrogens with zero attached hydrogens (tertiary/aromatic N) is 2. The third-order valence-corrected chi connectivity index (χ3v) is 3.80. The zero-order valence-corrected chi connectivity index (χ0v) is 14.0. The fourth-order valence-electron chi connectivity index (χ4n) is 2.48. The minimum Gasteiger partial charge on any atom is -0.478 e. The van der Waals surface area contributed by atoms with Gasteiger partial charge in [-0.05, 0) is 23.1 Å². The molecular formula is C17H23N3O3. The molecule has 1 aromatic heterocycles. The van der Waals surface area contributed by atoms with Crippen molar-refractivity contribution in [2.75, 3.05) is 18.9 Å². The Labute approximate surface area is 136 Å². The average Bonchev–Trinajstić information content (AvgIpc) is 2.43. The molecule has 2 N–H and O–H groups in total. The zero-order chi connectivity index (χ0) is 17.2. The topological polar surface area (TPSA) is 82.5 Å². The van der Waals surface area contributed by atoms with Crippen molar-refractivity contribution in [2.24, 2.45) is 5.41 Å². The second kappa shape index (κ2) is 6.40. The molecule has 1 aromatic rings. The van der Waals surface area contributed by atoms with Crippen LogP contribution in [0.5, 0.6) is 0 Å². The lowest BCUT2D eigenvalue weighted by molar-refractivity contribution is -0.133. The second-order valence-electron chi connectivity index (χ2n) is 6.82. The first-order valence-corrected chi connectivity index (χ1v) is 7.60. The molecule has 1 amide bonds. The predicted octanol–water partition coefficient (Wildman–Crippen LogP) is 2.37. The molecule has 0 atom stereocenters. The molecule has 2 heterocycles. The summed E-state index contributed by atoms with van der Waals surface area (Å²) in [6.45, 7) is 6.58. The first-order chi connectivity index (χ1) is 10.7. The van der Waals surface area contributed by atoms with Crippen LogP contribution in [-0.2, 0) is 16.1 Å². The van der Waals surface area contributed by atoms with Crippen LogP contribution < -0.4 is 5.32 Å². The highest BCUT2D eigenvalue weighted by Gasteiger charge is 2.23. The monoisotopic (exact) mass is 317 g/mol. The summed E-state index contributed by atoms with van der Waals surface area (Å²) in [5.74, 6) is -0.117. The van der Waals surface area contributed by atoms with E-state index < -0.39 is 11.4 Å². The maximum atomic E-state index is 11.8. The number of amides is 1. The van der Waals surface area contributed by atoms with Gasteiger partial charge in [0.1, 0.15) is 5.82 Å². The number of aromatic nitrogens is 1. The van der Waals surface area contributed by atoms with Crippen LogP contribution in [0.1, 0.15) is 38.3 Å². The van der Waals surface area contributed by atoms with Crippen molar-refractivity contribution in [1.82, 2.24) is 9.88 Å². The summed E-state index contributed by atoms with van der Waals surface area (Å²) < 4.78 is 0. The highest BCUT2D eigenvalue weighted by Crippen LogP contribution is 2.28. The highest BCUT2D eigenvalue weighted by molar-refractivity contribution is 5.93. The summed E-state index contributed by atoms with van der Waals surface area (Å²) in [5, 5.41) is 12.6. The van der Waals surface area contributed by atoms with Crippen LogP contribution in [0.4, 0.5) is 5.82 Å². The van der Waals surface area contributed by atoms with Gasteiger partial charge >= 0.3 is 5.97 Å². The Hall–Kier alpha value is -2.37. The first-order valence-electron chi connectivity index (χ1n) is 7.60. The molecule has 1 aliphatic heterocycles. The number of carboxylic acids is 1. The Kier molecular flexibility index (Phi) is 4.73. The van der Waals surface area contributed by atoms with E-state index in [9.17, 15) is 14.7 Å². The lowest BCUT2D eigenvalue weighted by atomic mass is 9.85. The van der Waals surface area contributed by atoms with Crippen molar-refractivity contribution in [3.8, 4) is 0 Å². The molecule has 6 heteroatoms. The molecule has 23 heavy (non-hydrogen) atoms. The molecule has 0 radical (unpaired) electrons. The Bertz CT molecular complexity index is 660. The molecule has 0 aliphatic carbocycles. The summed E-state index contributed by atoms with van der Waals surface area (Å²) in [4.78, 5) is 29.4. The molecule has 0 saturated heterocycles. The molecule has 6 nitrogen and oxygen atoms in total. The number of hydrogen-bond acceptors (Lipinski definition) is 4. The Morgan fingerprint density at radius 2 is 2.13 bits per heavy atom. The van der Waals surface area contributed by atoms with Crippen molar-refractivity contribution in [3.63, 3.8) is 0 Å². The summed E-state index contributed by atoms with van der Waals surface area (Å²) in [5.41, 5.74) is 1.45. The SMILES string of the molecule is CN1Cc2cc(/C=C(/C(=O)O)C(C)(C)C)cnc2NCCC1=O. The van der Waals surface area contributed by atoms with Crippen molar-refractivity contribution >= 4 is 23.8 Å². The second-order valence-corrected chi connectivity index (χ2v) is 6.82. The predicted molar refractivity (Wildman–Crippen MR) is 88.9 cm³/mol. The quantitative estimate of drug-likeness (QED) is 0.818. The van der Waals surface area contributed by atoms with E-state index >= 15 is 0 Å². The van der Waals surface area contributed by atoms with Gasteiger partial charge in [0.2, 0.25) is 5.91 Å². The van der Waals surface area contributed by atoms with E-state index in [4.69, 9.17) is 0 Å². The number of carbonyl (C=O) groups excluding carboxylic acids is 1. The first kappa shape index (κ1) is 17.0. The third kappa shape index (κ3) is 4.09. The van der Waals surface area contributed by atoms with Crippen LogP contribution in [0.25, 0.3) is 6.08 Å². The van der Waals surface area contributed by atoms with Gasteiger partial charge in [0.05, 0.1) is 0 Å². The molecule has 0 unspecified atom stereocenters. The number of hydrogen-bond donors (Lipinski definition) is 2. The number of aliphatic carboxylic acids is 1. The van der Waals surface area contributed by atoms with Gasteiger partial charge in [-0.25, -0.2) is 9.78 Å². The fraction of sp³-hybridized carbons (Fsp3) is 0.471. The summed E-state index contributed by atoms with van der Waals surface area (Å²) in [7, 11) is 1.76.